The Hall–Kier alpha value is -1.09. The molecule has 1 aromatic carbocycles. The molecule has 0 aliphatic rings. The topological polar surface area (TPSA) is 26.3 Å². The molecule has 15 heavy (non-hydrogen) atoms. The molecule has 0 atom stereocenters. The second-order valence-corrected chi connectivity index (χ2v) is 3.71. The van der Waals surface area contributed by atoms with Crippen LogP contribution in [0.25, 0.3) is 5.57 Å². The van der Waals surface area contributed by atoms with Crippen molar-refractivity contribution in [1.82, 2.24) is 0 Å². The molecule has 2 nitrogen and oxygen atoms in total. The van der Waals surface area contributed by atoms with Crippen LogP contribution in [0.2, 0.25) is 0 Å². The van der Waals surface area contributed by atoms with Gasteiger partial charge in [0.2, 0.25) is 0 Å². The highest BCUT2D eigenvalue weighted by atomic mass is 79.9. The van der Waals surface area contributed by atoms with Crippen molar-refractivity contribution in [3.63, 3.8) is 0 Å². The van der Waals surface area contributed by atoms with Crippen LogP contribution in [0.15, 0.2) is 35.9 Å². The average molecular weight is 269 g/mol. The Bertz CT molecular complexity index is 368. The van der Waals surface area contributed by atoms with Gasteiger partial charge in [0, 0.05) is 5.33 Å². The lowest BCUT2D eigenvalue weighted by molar-refractivity contribution is -0.133. The minimum atomic E-state index is -0.293. The second kappa shape index (κ2) is 5.71. The SMILES string of the molecule is COC(=O)/C(=C(/C)CBr)c1ccccc1. The first-order chi connectivity index (χ1) is 7.20. The molecule has 80 valence electrons. The van der Waals surface area contributed by atoms with E-state index in [2.05, 4.69) is 15.9 Å². The largest absolute Gasteiger partial charge is 0.465 e. The standard InChI is InChI=1S/C12H13BrO2/c1-9(8-13)11(12(14)15-2)10-6-4-3-5-7-10/h3-7H,8H2,1-2H3/b11-9-. The number of halogens is 1. The van der Waals surface area contributed by atoms with E-state index in [0.717, 1.165) is 11.1 Å². The lowest BCUT2D eigenvalue weighted by Gasteiger charge is -2.08. The van der Waals surface area contributed by atoms with Gasteiger partial charge in [-0.1, -0.05) is 46.3 Å². The Morgan fingerprint density at radius 2 is 1.93 bits per heavy atom. The molecule has 1 aromatic rings. The monoisotopic (exact) mass is 268 g/mol. The number of hydrogen-bond donors (Lipinski definition) is 0. The fraction of sp³-hybridized carbons (Fsp3) is 0.250. The normalized spacial score (nSPS) is 11.9. The zero-order valence-corrected chi connectivity index (χ0v) is 10.4. The Morgan fingerprint density at radius 1 is 1.33 bits per heavy atom. The van der Waals surface area contributed by atoms with Gasteiger partial charge in [0.25, 0.3) is 0 Å². The predicted molar refractivity (Wildman–Crippen MR) is 64.8 cm³/mol. The molecule has 0 aromatic heterocycles. The van der Waals surface area contributed by atoms with Gasteiger partial charge >= 0.3 is 5.97 Å². The molecule has 1 rings (SSSR count). The molecule has 0 fully saturated rings. The zero-order valence-electron chi connectivity index (χ0n) is 8.79. The Labute approximate surface area is 98.1 Å². The number of carbonyl (C=O) groups excluding carboxylic acids is 1. The summed E-state index contributed by atoms with van der Waals surface area (Å²) in [6.45, 7) is 1.91. The summed E-state index contributed by atoms with van der Waals surface area (Å²) in [5.41, 5.74) is 2.49. The van der Waals surface area contributed by atoms with Gasteiger partial charge < -0.3 is 4.74 Å². The van der Waals surface area contributed by atoms with Crippen LogP contribution in [0.5, 0.6) is 0 Å². The third kappa shape index (κ3) is 2.93. The fourth-order valence-corrected chi connectivity index (χ4v) is 1.59. The maximum atomic E-state index is 11.6. The van der Waals surface area contributed by atoms with E-state index >= 15 is 0 Å². The predicted octanol–water partition coefficient (Wildman–Crippen LogP) is 3.03. The molecule has 0 radical (unpaired) electrons. The molecule has 0 bridgehead atoms. The Balaban J connectivity index is 3.20. The van der Waals surface area contributed by atoms with E-state index in [4.69, 9.17) is 4.74 Å². The minimum absolute atomic E-state index is 0.293. The highest BCUT2D eigenvalue weighted by Crippen LogP contribution is 2.21. The van der Waals surface area contributed by atoms with E-state index in [1.54, 1.807) is 0 Å². The summed E-state index contributed by atoms with van der Waals surface area (Å²) in [6.07, 6.45) is 0. The quantitative estimate of drug-likeness (QED) is 0.479. The number of hydrogen-bond acceptors (Lipinski definition) is 2. The van der Waals surface area contributed by atoms with E-state index < -0.39 is 0 Å². The number of alkyl halides is 1. The first-order valence-corrected chi connectivity index (χ1v) is 5.72. The van der Waals surface area contributed by atoms with E-state index in [9.17, 15) is 4.79 Å². The van der Waals surface area contributed by atoms with Crippen LogP contribution in [0.4, 0.5) is 0 Å². The molecule has 0 spiro atoms. The number of esters is 1. The summed E-state index contributed by atoms with van der Waals surface area (Å²) in [4.78, 5) is 11.6. The maximum Gasteiger partial charge on any atom is 0.338 e. The lowest BCUT2D eigenvalue weighted by Crippen LogP contribution is -2.06. The van der Waals surface area contributed by atoms with Crippen molar-refractivity contribution >= 4 is 27.5 Å². The van der Waals surface area contributed by atoms with E-state index in [1.807, 2.05) is 37.3 Å². The minimum Gasteiger partial charge on any atom is -0.465 e. The third-order valence-corrected chi connectivity index (χ3v) is 2.92. The van der Waals surface area contributed by atoms with Gasteiger partial charge in [-0.2, -0.15) is 0 Å². The van der Waals surface area contributed by atoms with Crippen LogP contribution < -0.4 is 0 Å². The van der Waals surface area contributed by atoms with Crippen LogP contribution in [-0.4, -0.2) is 18.4 Å². The summed E-state index contributed by atoms with van der Waals surface area (Å²) >= 11 is 3.34. The van der Waals surface area contributed by atoms with Crippen molar-refractivity contribution < 1.29 is 9.53 Å². The van der Waals surface area contributed by atoms with Gasteiger partial charge in [-0.05, 0) is 18.1 Å². The van der Waals surface area contributed by atoms with Crippen molar-refractivity contribution in [3.8, 4) is 0 Å². The summed E-state index contributed by atoms with van der Waals surface area (Å²) < 4.78 is 4.77. The lowest BCUT2D eigenvalue weighted by atomic mass is 10.0. The number of allylic oxidation sites excluding steroid dienone is 1. The van der Waals surface area contributed by atoms with E-state index in [-0.39, 0.29) is 5.97 Å². The van der Waals surface area contributed by atoms with Crippen LogP contribution >= 0.6 is 15.9 Å². The molecular weight excluding hydrogens is 256 g/mol. The van der Waals surface area contributed by atoms with Gasteiger partial charge in [0.05, 0.1) is 12.7 Å². The van der Waals surface area contributed by atoms with Crippen molar-refractivity contribution in [2.75, 3.05) is 12.4 Å². The Morgan fingerprint density at radius 3 is 2.40 bits per heavy atom. The molecular formula is C12H13BrO2. The zero-order chi connectivity index (χ0) is 11.3. The highest BCUT2D eigenvalue weighted by Gasteiger charge is 2.14. The van der Waals surface area contributed by atoms with E-state index in [0.29, 0.717) is 10.9 Å². The smallest absolute Gasteiger partial charge is 0.338 e. The van der Waals surface area contributed by atoms with Crippen LogP contribution in [0.3, 0.4) is 0 Å². The van der Waals surface area contributed by atoms with Gasteiger partial charge in [0.15, 0.2) is 0 Å². The molecule has 0 saturated heterocycles. The summed E-state index contributed by atoms with van der Waals surface area (Å²) in [5, 5.41) is 0.659. The molecule has 0 saturated carbocycles. The van der Waals surface area contributed by atoms with Gasteiger partial charge in [-0.15, -0.1) is 0 Å². The summed E-state index contributed by atoms with van der Waals surface area (Å²) in [6, 6.07) is 9.53. The number of carbonyl (C=O) groups is 1. The van der Waals surface area contributed by atoms with Crippen LogP contribution in [-0.2, 0) is 9.53 Å². The number of methoxy groups -OCH3 is 1. The number of ether oxygens (including phenoxy) is 1. The number of rotatable bonds is 3. The Kier molecular flexibility index (Phi) is 4.56. The molecule has 0 aliphatic carbocycles. The molecule has 0 unspecified atom stereocenters. The molecule has 3 heteroatoms. The summed E-state index contributed by atoms with van der Waals surface area (Å²) in [5.74, 6) is -0.293. The van der Waals surface area contributed by atoms with Gasteiger partial charge in [-0.25, -0.2) is 4.79 Å². The van der Waals surface area contributed by atoms with Crippen molar-refractivity contribution in [2.24, 2.45) is 0 Å². The van der Waals surface area contributed by atoms with Gasteiger partial charge in [0.1, 0.15) is 0 Å². The first-order valence-electron chi connectivity index (χ1n) is 4.60. The van der Waals surface area contributed by atoms with E-state index in [1.165, 1.54) is 7.11 Å². The maximum absolute atomic E-state index is 11.6. The first kappa shape index (κ1) is 12.0. The van der Waals surface area contributed by atoms with Crippen molar-refractivity contribution in [1.29, 1.82) is 0 Å². The highest BCUT2D eigenvalue weighted by molar-refractivity contribution is 9.09. The third-order valence-electron chi connectivity index (χ3n) is 2.08. The second-order valence-electron chi connectivity index (χ2n) is 3.15. The fourth-order valence-electron chi connectivity index (χ4n) is 1.31. The van der Waals surface area contributed by atoms with Crippen LogP contribution in [0.1, 0.15) is 12.5 Å². The average Bonchev–Trinajstić information content (AvgIpc) is 2.30. The molecule has 0 amide bonds. The molecule has 0 N–H and O–H groups in total. The molecule has 0 aliphatic heterocycles. The van der Waals surface area contributed by atoms with Crippen molar-refractivity contribution in [3.05, 3.63) is 41.5 Å². The van der Waals surface area contributed by atoms with Crippen molar-refractivity contribution in [2.45, 2.75) is 6.92 Å². The van der Waals surface area contributed by atoms with Crippen LogP contribution in [0, 0.1) is 0 Å². The molecule has 0 heterocycles. The van der Waals surface area contributed by atoms with Gasteiger partial charge in [-0.3, -0.25) is 0 Å². The summed E-state index contributed by atoms with van der Waals surface area (Å²) in [7, 11) is 1.40. The number of benzene rings is 1.